The summed E-state index contributed by atoms with van der Waals surface area (Å²) < 4.78 is 20.8. The number of rotatable bonds is 6. The molecule has 1 aliphatic rings. The number of halogens is 1. The van der Waals surface area contributed by atoms with Gasteiger partial charge in [-0.05, 0) is 61.2 Å². The molecule has 1 saturated heterocycles. The van der Waals surface area contributed by atoms with Crippen molar-refractivity contribution in [3.8, 4) is 17.0 Å². The van der Waals surface area contributed by atoms with E-state index in [2.05, 4.69) is 56.9 Å². The van der Waals surface area contributed by atoms with Crippen molar-refractivity contribution in [1.82, 2.24) is 14.3 Å². The summed E-state index contributed by atoms with van der Waals surface area (Å²) in [5.41, 5.74) is 3.63. The molecule has 0 radical (unpaired) electrons. The second kappa shape index (κ2) is 10.0. The van der Waals surface area contributed by atoms with Gasteiger partial charge < -0.3 is 19.1 Å². The smallest absolute Gasteiger partial charge is 0.410 e. The highest BCUT2D eigenvalue weighted by Gasteiger charge is 2.33. The molecule has 1 amide bonds. The van der Waals surface area contributed by atoms with Crippen LogP contribution in [0.1, 0.15) is 45.2 Å². The fourth-order valence-electron chi connectivity index (χ4n) is 4.51. The molecule has 0 spiro atoms. The van der Waals surface area contributed by atoms with Crippen LogP contribution in [0.4, 0.5) is 4.79 Å². The number of hydrogen-bond donors (Lipinski definition) is 0. The summed E-state index contributed by atoms with van der Waals surface area (Å²) in [6.07, 6.45) is 3.74. The number of aromatic nitrogens is 2. The molecule has 7 nitrogen and oxygen atoms in total. The highest BCUT2D eigenvalue weighted by Crippen LogP contribution is 2.37. The van der Waals surface area contributed by atoms with Gasteiger partial charge in [0.05, 0.1) is 33.0 Å². The van der Waals surface area contributed by atoms with Gasteiger partial charge in [0.2, 0.25) is 0 Å². The lowest BCUT2D eigenvalue weighted by molar-refractivity contribution is 0.0224. The SMILES string of the molecule is COCCOc1cc2c(cc1Br)sc1nc(-c3ccc(C4CCCN4C(=O)OC(C)(C)C)cc3)cn12. The standard InChI is InChI=1S/C27H30BrN3O4S/c1-27(2,3)35-26(32)30-11-5-6-21(30)18-9-7-17(8-10-18)20-16-31-22-15-23(34-13-12-33-4)19(28)14-24(22)36-25(31)29-20/h7-10,14-16,21H,5-6,11-13H2,1-4H3. The van der Waals surface area contributed by atoms with E-state index in [0.29, 0.717) is 13.2 Å². The van der Waals surface area contributed by atoms with Gasteiger partial charge in [0.25, 0.3) is 0 Å². The van der Waals surface area contributed by atoms with E-state index in [0.717, 1.165) is 61.6 Å². The molecule has 5 rings (SSSR count). The molecule has 9 heteroatoms. The number of methoxy groups -OCH3 is 1. The Labute approximate surface area is 223 Å². The molecule has 0 bridgehead atoms. The third kappa shape index (κ3) is 5.10. The van der Waals surface area contributed by atoms with Crippen molar-refractivity contribution < 1.29 is 19.0 Å². The van der Waals surface area contributed by atoms with Gasteiger partial charge in [-0.15, -0.1) is 0 Å². The molecule has 4 aromatic rings. The fraction of sp³-hybridized carbons (Fsp3) is 0.407. The molecule has 36 heavy (non-hydrogen) atoms. The van der Waals surface area contributed by atoms with E-state index < -0.39 is 5.60 Å². The predicted octanol–water partition coefficient (Wildman–Crippen LogP) is 7.08. The summed E-state index contributed by atoms with van der Waals surface area (Å²) in [4.78, 5) is 20.4. The minimum Gasteiger partial charge on any atom is -0.490 e. The van der Waals surface area contributed by atoms with Crippen LogP contribution >= 0.6 is 27.3 Å². The Balaban J connectivity index is 1.38. The second-order valence-electron chi connectivity index (χ2n) is 9.93. The molecule has 1 aliphatic heterocycles. The Bertz CT molecular complexity index is 1390. The van der Waals surface area contributed by atoms with Gasteiger partial charge in [-0.1, -0.05) is 35.6 Å². The molecule has 2 aromatic carbocycles. The van der Waals surface area contributed by atoms with E-state index in [4.69, 9.17) is 19.2 Å². The van der Waals surface area contributed by atoms with E-state index in [9.17, 15) is 4.79 Å². The minimum atomic E-state index is -0.501. The zero-order chi connectivity index (χ0) is 25.4. The Morgan fingerprint density at radius 2 is 1.97 bits per heavy atom. The van der Waals surface area contributed by atoms with Crippen molar-refractivity contribution in [3.05, 3.63) is 52.6 Å². The van der Waals surface area contributed by atoms with Crippen LogP contribution in [-0.4, -0.2) is 52.8 Å². The summed E-state index contributed by atoms with van der Waals surface area (Å²) in [7, 11) is 1.66. The van der Waals surface area contributed by atoms with Crippen molar-refractivity contribution in [3.63, 3.8) is 0 Å². The third-order valence-corrected chi connectivity index (χ3v) is 7.80. The highest BCUT2D eigenvalue weighted by atomic mass is 79.9. The summed E-state index contributed by atoms with van der Waals surface area (Å²) in [6, 6.07) is 12.5. The van der Waals surface area contributed by atoms with Crippen LogP contribution in [0.2, 0.25) is 0 Å². The quantitative estimate of drug-likeness (QED) is 0.231. The Morgan fingerprint density at radius 1 is 1.19 bits per heavy atom. The van der Waals surface area contributed by atoms with Gasteiger partial charge in [0.15, 0.2) is 4.96 Å². The van der Waals surface area contributed by atoms with Gasteiger partial charge >= 0.3 is 6.09 Å². The maximum atomic E-state index is 12.7. The first-order chi connectivity index (χ1) is 17.2. The van der Waals surface area contributed by atoms with Gasteiger partial charge in [0.1, 0.15) is 18.0 Å². The zero-order valence-corrected chi connectivity index (χ0v) is 23.3. The molecular weight excluding hydrogens is 542 g/mol. The van der Waals surface area contributed by atoms with E-state index in [-0.39, 0.29) is 12.1 Å². The van der Waals surface area contributed by atoms with Crippen molar-refractivity contribution in [2.75, 3.05) is 26.9 Å². The number of likely N-dealkylation sites (tertiary alicyclic amines) is 1. The van der Waals surface area contributed by atoms with Crippen LogP contribution in [0.25, 0.3) is 26.4 Å². The second-order valence-corrected chi connectivity index (χ2v) is 11.8. The summed E-state index contributed by atoms with van der Waals surface area (Å²) in [6.45, 7) is 7.44. The van der Waals surface area contributed by atoms with Crippen LogP contribution in [0.5, 0.6) is 5.75 Å². The van der Waals surface area contributed by atoms with Crippen molar-refractivity contribution in [1.29, 1.82) is 0 Å². The molecule has 2 aromatic heterocycles. The maximum Gasteiger partial charge on any atom is 0.410 e. The number of imidazole rings is 1. The first-order valence-corrected chi connectivity index (χ1v) is 13.7. The molecular formula is C27H30BrN3O4S. The van der Waals surface area contributed by atoms with Crippen LogP contribution in [0.3, 0.4) is 0 Å². The summed E-state index contributed by atoms with van der Waals surface area (Å²) in [5, 5.41) is 0. The number of carbonyl (C=O) groups excluding carboxylic acids is 1. The van der Waals surface area contributed by atoms with Gasteiger partial charge in [-0.25, -0.2) is 9.78 Å². The average Bonchev–Trinajstić information content (AvgIpc) is 3.53. The Hall–Kier alpha value is -2.62. The predicted molar refractivity (Wildman–Crippen MR) is 146 cm³/mol. The molecule has 190 valence electrons. The molecule has 1 fully saturated rings. The highest BCUT2D eigenvalue weighted by molar-refractivity contribution is 9.10. The number of thiazole rings is 1. The molecule has 1 atom stereocenters. The maximum absolute atomic E-state index is 12.7. The van der Waals surface area contributed by atoms with Crippen molar-refractivity contribution in [2.45, 2.75) is 45.3 Å². The van der Waals surface area contributed by atoms with Crippen LogP contribution in [-0.2, 0) is 9.47 Å². The van der Waals surface area contributed by atoms with E-state index in [1.807, 2.05) is 31.7 Å². The topological polar surface area (TPSA) is 65.3 Å². The average molecular weight is 573 g/mol. The first kappa shape index (κ1) is 25.0. The monoisotopic (exact) mass is 571 g/mol. The van der Waals surface area contributed by atoms with Gasteiger partial charge in [0, 0.05) is 31.5 Å². The molecule has 1 unspecified atom stereocenters. The molecule has 0 saturated carbocycles. The van der Waals surface area contributed by atoms with Crippen molar-refractivity contribution >= 4 is 48.5 Å². The van der Waals surface area contributed by atoms with E-state index in [1.54, 1.807) is 18.4 Å². The van der Waals surface area contributed by atoms with Crippen molar-refractivity contribution in [2.24, 2.45) is 0 Å². The normalized spacial score (nSPS) is 16.2. The lowest BCUT2D eigenvalue weighted by Gasteiger charge is -2.28. The van der Waals surface area contributed by atoms with E-state index in [1.165, 1.54) is 0 Å². The fourth-order valence-corrected chi connectivity index (χ4v) is 6.15. The number of nitrogens with zero attached hydrogens (tertiary/aromatic N) is 3. The third-order valence-electron chi connectivity index (χ3n) is 6.16. The van der Waals surface area contributed by atoms with Gasteiger partial charge in [-0.2, -0.15) is 0 Å². The van der Waals surface area contributed by atoms with Gasteiger partial charge in [-0.3, -0.25) is 4.40 Å². The Morgan fingerprint density at radius 3 is 2.69 bits per heavy atom. The number of benzene rings is 2. The zero-order valence-electron chi connectivity index (χ0n) is 20.9. The number of carbonyl (C=O) groups is 1. The summed E-state index contributed by atoms with van der Waals surface area (Å²) in [5.74, 6) is 0.782. The molecule has 0 N–H and O–H groups in total. The molecule has 0 aliphatic carbocycles. The number of fused-ring (bicyclic) bond motifs is 3. The van der Waals surface area contributed by atoms with Crippen LogP contribution in [0, 0.1) is 0 Å². The number of ether oxygens (including phenoxy) is 3. The Kier molecular flexibility index (Phi) is 6.98. The minimum absolute atomic E-state index is 0.0401. The molecule has 3 heterocycles. The van der Waals surface area contributed by atoms with Crippen LogP contribution in [0.15, 0.2) is 47.1 Å². The number of amides is 1. The largest absolute Gasteiger partial charge is 0.490 e. The number of hydrogen-bond acceptors (Lipinski definition) is 6. The first-order valence-electron chi connectivity index (χ1n) is 12.1. The lowest BCUT2D eigenvalue weighted by Crippen LogP contribution is -2.36. The summed E-state index contributed by atoms with van der Waals surface area (Å²) >= 11 is 5.25. The van der Waals surface area contributed by atoms with Crippen LogP contribution < -0.4 is 4.74 Å². The van der Waals surface area contributed by atoms with E-state index >= 15 is 0 Å². The lowest BCUT2D eigenvalue weighted by atomic mass is 10.0.